The summed E-state index contributed by atoms with van der Waals surface area (Å²) < 4.78 is 0. The van der Waals surface area contributed by atoms with Crippen LogP contribution in [0.2, 0.25) is 0 Å². The molecule has 1 amide bonds. The number of carbonyl (C=O) groups excluding carboxylic acids is 1. The summed E-state index contributed by atoms with van der Waals surface area (Å²) in [6, 6.07) is 6.27. The molecular formula is C16H25NO. The fourth-order valence-corrected chi connectivity index (χ4v) is 2.14. The van der Waals surface area contributed by atoms with Gasteiger partial charge in [0.25, 0.3) is 0 Å². The Balaban J connectivity index is 2.72. The number of para-hydroxylation sites is 1. The first-order valence-corrected chi connectivity index (χ1v) is 7.13. The third-order valence-electron chi connectivity index (χ3n) is 3.27. The monoisotopic (exact) mass is 247 g/mol. The number of anilines is 1. The Morgan fingerprint density at radius 1 is 1.06 bits per heavy atom. The predicted octanol–water partition coefficient (Wildman–Crippen LogP) is 4.33. The fourth-order valence-electron chi connectivity index (χ4n) is 2.14. The van der Waals surface area contributed by atoms with E-state index in [-0.39, 0.29) is 5.91 Å². The van der Waals surface area contributed by atoms with Gasteiger partial charge in [-0.3, -0.25) is 4.79 Å². The summed E-state index contributed by atoms with van der Waals surface area (Å²) in [7, 11) is 0. The lowest BCUT2D eigenvalue weighted by molar-refractivity contribution is -0.116. The van der Waals surface area contributed by atoms with E-state index >= 15 is 0 Å². The van der Waals surface area contributed by atoms with Gasteiger partial charge in [-0.05, 0) is 30.4 Å². The highest BCUT2D eigenvalue weighted by atomic mass is 16.1. The molecular weight excluding hydrogens is 222 g/mol. The van der Waals surface area contributed by atoms with Crippen LogP contribution >= 0.6 is 0 Å². The Bertz CT molecular complexity index is 362. The molecule has 0 saturated heterocycles. The van der Waals surface area contributed by atoms with Crippen molar-refractivity contribution < 1.29 is 4.79 Å². The van der Waals surface area contributed by atoms with Gasteiger partial charge in [0.05, 0.1) is 0 Å². The summed E-state index contributed by atoms with van der Waals surface area (Å²) in [5.74, 6) is 0.152. The smallest absolute Gasteiger partial charge is 0.224 e. The SMILES string of the molecule is CCCCCC(=O)Nc1c(CC)cccc1CC. The normalized spacial score (nSPS) is 10.4. The molecule has 0 saturated carbocycles. The molecule has 1 N–H and O–H groups in total. The largest absolute Gasteiger partial charge is 0.326 e. The summed E-state index contributed by atoms with van der Waals surface area (Å²) in [5, 5.41) is 3.10. The van der Waals surface area contributed by atoms with Gasteiger partial charge in [0.2, 0.25) is 5.91 Å². The first-order chi connectivity index (χ1) is 8.72. The number of rotatable bonds is 7. The lowest BCUT2D eigenvalue weighted by Gasteiger charge is -2.14. The van der Waals surface area contributed by atoms with Crippen molar-refractivity contribution in [2.75, 3.05) is 5.32 Å². The third kappa shape index (κ3) is 4.17. The van der Waals surface area contributed by atoms with E-state index in [0.29, 0.717) is 6.42 Å². The van der Waals surface area contributed by atoms with Gasteiger partial charge in [0.1, 0.15) is 0 Å². The number of hydrogen-bond acceptors (Lipinski definition) is 1. The Morgan fingerprint density at radius 2 is 1.67 bits per heavy atom. The molecule has 0 aliphatic heterocycles. The first kappa shape index (κ1) is 14.7. The molecule has 0 bridgehead atoms. The van der Waals surface area contributed by atoms with Crippen molar-refractivity contribution in [2.45, 2.75) is 59.3 Å². The summed E-state index contributed by atoms with van der Waals surface area (Å²) in [5.41, 5.74) is 3.51. The molecule has 0 spiro atoms. The number of aryl methyl sites for hydroxylation is 2. The lowest BCUT2D eigenvalue weighted by atomic mass is 10.0. The minimum atomic E-state index is 0.152. The van der Waals surface area contributed by atoms with E-state index in [4.69, 9.17) is 0 Å². The second-order valence-electron chi connectivity index (χ2n) is 4.66. The van der Waals surface area contributed by atoms with Gasteiger partial charge in [-0.25, -0.2) is 0 Å². The van der Waals surface area contributed by atoms with Crippen LogP contribution in [0.5, 0.6) is 0 Å². The van der Waals surface area contributed by atoms with Crippen molar-refractivity contribution in [1.29, 1.82) is 0 Å². The van der Waals surface area contributed by atoms with Gasteiger partial charge >= 0.3 is 0 Å². The molecule has 2 nitrogen and oxygen atoms in total. The van der Waals surface area contributed by atoms with E-state index in [1.807, 2.05) is 0 Å². The van der Waals surface area contributed by atoms with Crippen LogP contribution < -0.4 is 5.32 Å². The molecule has 0 atom stereocenters. The highest BCUT2D eigenvalue weighted by molar-refractivity contribution is 5.92. The Hall–Kier alpha value is -1.31. The van der Waals surface area contributed by atoms with Crippen molar-refractivity contribution in [2.24, 2.45) is 0 Å². The highest BCUT2D eigenvalue weighted by Gasteiger charge is 2.09. The summed E-state index contributed by atoms with van der Waals surface area (Å²) in [6.07, 6.45) is 5.81. The quantitative estimate of drug-likeness (QED) is 0.714. The zero-order valence-corrected chi connectivity index (χ0v) is 11.9. The minimum Gasteiger partial charge on any atom is -0.326 e. The highest BCUT2D eigenvalue weighted by Crippen LogP contribution is 2.22. The van der Waals surface area contributed by atoms with Crippen molar-refractivity contribution in [3.05, 3.63) is 29.3 Å². The van der Waals surface area contributed by atoms with Crippen LogP contribution in [0.4, 0.5) is 5.69 Å². The van der Waals surface area contributed by atoms with Crippen molar-refractivity contribution >= 4 is 11.6 Å². The topological polar surface area (TPSA) is 29.1 Å². The van der Waals surface area contributed by atoms with E-state index in [0.717, 1.165) is 37.8 Å². The number of nitrogens with one attached hydrogen (secondary N) is 1. The predicted molar refractivity (Wildman–Crippen MR) is 78.0 cm³/mol. The standard InChI is InChI=1S/C16H25NO/c1-4-7-8-12-15(18)17-16-13(5-2)10-9-11-14(16)6-3/h9-11H,4-8,12H2,1-3H3,(H,17,18). The van der Waals surface area contributed by atoms with Gasteiger partial charge in [0, 0.05) is 12.1 Å². The van der Waals surface area contributed by atoms with Crippen molar-refractivity contribution in [3.8, 4) is 0 Å². The molecule has 2 heteroatoms. The van der Waals surface area contributed by atoms with Crippen LogP contribution in [0.25, 0.3) is 0 Å². The van der Waals surface area contributed by atoms with E-state index in [9.17, 15) is 4.79 Å². The van der Waals surface area contributed by atoms with Gasteiger partial charge in [-0.15, -0.1) is 0 Å². The number of unbranched alkanes of at least 4 members (excludes halogenated alkanes) is 2. The molecule has 0 aliphatic rings. The van der Waals surface area contributed by atoms with E-state index in [1.165, 1.54) is 11.1 Å². The van der Waals surface area contributed by atoms with Crippen molar-refractivity contribution in [3.63, 3.8) is 0 Å². The molecule has 1 aromatic carbocycles. The fraction of sp³-hybridized carbons (Fsp3) is 0.562. The van der Waals surface area contributed by atoms with Crippen LogP contribution in [-0.4, -0.2) is 5.91 Å². The Morgan fingerprint density at radius 3 is 2.17 bits per heavy atom. The number of carbonyl (C=O) groups is 1. The molecule has 0 heterocycles. The Kier molecular flexibility index (Phi) is 6.48. The molecule has 0 aromatic heterocycles. The maximum atomic E-state index is 11.9. The average molecular weight is 247 g/mol. The first-order valence-electron chi connectivity index (χ1n) is 7.13. The Labute approximate surface area is 111 Å². The molecule has 18 heavy (non-hydrogen) atoms. The van der Waals surface area contributed by atoms with Crippen LogP contribution in [0.15, 0.2) is 18.2 Å². The van der Waals surface area contributed by atoms with Crippen LogP contribution in [-0.2, 0) is 17.6 Å². The average Bonchev–Trinajstić information content (AvgIpc) is 2.39. The number of amides is 1. The number of benzene rings is 1. The van der Waals surface area contributed by atoms with Gasteiger partial charge in [-0.2, -0.15) is 0 Å². The van der Waals surface area contributed by atoms with Gasteiger partial charge in [0.15, 0.2) is 0 Å². The van der Waals surface area contributed by atoms with E-state index < -0.39 is 0 Å². The van der Waals surface area contributed by atoms with Crippen molar-refractivity contribution in [1.82, 2.24) is 0 Å². The van der Waals surface area contributed by atoms with Crippen LogP contribution in [0.3, 0.4) is 0 Å². The molecule has 0 radical (unpaired) electrons. The molecule has 0 unspecified atom stereocenters. The van der Waals surface area contributed by atoms with E-state index in [1.54, 1.807) is 0 Å². The maximum absolute atomic E-state index is 11.9. The molecule has 100 valence electrons. The zero-order valence-electron chi connectivity index (χ0n) is 11.9. The second-order valence-corrected chi connectivity index (χ2v) is 4.66. The summed E-state index contributed by atoms with van der Waals surface area (Å²) >= 11 is 0. The van der Waals surface area contributed by atoms with Crippen LogP contribution in [0, 0.1) is 0 Å². The second kappa shape index (κ2) is 7.91. The lowest BCUT2D eigenvalue weighted by Crippen LogP contribution is -2.14. The molecule has 0 fully saturated rings. The minimum absolute atomic E-state index is 0.152. The molecule has 1 rings (SSSR count). The summed E-state index contributed by atoms with van der Waals surface area (Å²) in [4.78, 5) is 11.9. The van der Waals surface area contributed by atoms with Gasteiger partial charge < -0.3 is 5.32 Å². The zero-order chi connectivity index (χ0) is 13.4. The maximum Gasteiger partial charge on any atom is 0.224 e. The van der Waals surface area contributed by atoms with Gasteiger partial charge in [-0.1, -0.05) is 51.8 Å². The van der Waals surface area contributed by atoms with Crippen LogP contribution in [0.1, 0.15) is 57.6 Å². The molecule has 1 aromatic rings. The summed E-state index contributed by atoms with van der Waals surface area (Å²) in [6.45, 7) is 6.41. The molecule has 0 aliphatic carbocycles. The van der Waals surface area contributed by atoms with E-state index in [2.05, 4.69) is 44.3 Å². The number of hydrogen-bond donors (Lipinski definition) is 1. The third-order valence-corrected chi connectivity index (χ3v) is 3.27.